The van der Waals surface area contributed by atoms with Crippen LogP contribution in [-0.4, -0.2) is 30.2 Å². The number of aliphatic hydroxyl groups excluding tert-OH is 1. The number of rotatable bonds is 4. The fourth-order valence-electron chi connectivity index (χ4n) is 1.54. The van der Waals surface area contributed by atoms with Crippen LogP contribution in [0.4, 0.5) is 0 Å². The third-order valence-corrected chi connectivity index (χ3v) is 2.13. The minimum Gasteiger partial charge on any atom is -0.393 e. The Morgan fingerprint density at radius 3 is 2.50 bits per heavy atom. The quantitative estimate of drug-likeness (QED) is 0.698. The highest BCUT2D eigenvalue weighted by Crippen LogP contribution is 2.25. The van der Waals surface area contributed by atoms with E-state index < -0.39 is 5.79 Å². The Bertz CT molecular complexity index is 130. The molecule has 72 valence electrons. The Hall–Kier alpha value is -0.120. The zero-order valence-corrected chi connectivity index (χ0v) is 7.88. The van der Waals surface area contributed by atoms with Crippen molar-refractivity contribution in [2.24, 2.45) is 0 Å². The lowest BCUT2D eigenvalue weighted by molar-refractivity contribution is -0.163. The van der Waals surface area contributed by atoms with E-state index in [0.29, 0.717) is 19.6 Å². The predicted octanol–water partition coefficient (Wildman–Crippen LogP) is 1.30. The molecule has 0 bridgehead atoms. The first-order chi connectivity index (χ1) is 5.66. The van der Waals surface area contributed by atoms with Crippen molar-refractivity contribution in [3.63, 3.8) is 0 Å². The standard InChI is InChI=1S/C9H18O3/c1-3-4-8(10)7-9(2)11-5-6-12-9/h8,10H,3-7H2,1-2H3/t8-/m1/s1. The predicted molar refractivity (Wildman–Crippen MR) is 45.8 cm³/mol. The molecule has 3 nitrogen and oxygen atoms in total. The highest BCUT2D eigenvalue weighted by atomic mass is 16.7. The molecule has 1 heterocycles. The van der Waals surface area contributed by atoms with Crippen LogP contribution in [-0.2, 0) is 9.47 Å². The van der Waals surface area contributed by atoms with Crippen molar-refractivity contribution in [1.82, 2.24) is 0 Å². The van der Waals surface area contributed by atoms with Crippen LogP contribution in [0.1, 0.15) is 33.1 Å². The first-order valence-corrected chi connectivity index (χ1v) is 4.62. The molecule has 0 aliphatic carbocycles. The van der Waals surface area contributed by atoms with Crippen molar-refractivity contribution in [3.8, 4) is 0 Å². The monoisotopic (exact) mass is 174 g/mol. The largest absolute Gasteiger partial charge is 0.393 e. The van der Waals surface area contributed by atoms with E-state index in [4.69, 9.17) is 9.47 Å². The Kier molecular flexibility index (Phi) is 3.50. The van der Waals surface area contributed by atoms with Crippen LogP contribution in [0.15, 0.2) is 0 Å². The van der Waals surface area contributed by atoms with Crippen molar-refractivity contribution in [3.05, 3.63) is 0 Å². The van der Waals surface area contributed by atoms with Gasteiger partial charge in [-0.15, -0.1) is 0 Å². The van der Waals surface area contributed by atoms with Crippen molar-refractivity contribution in [1.29, 1.82) is 0 Å². The van der Waals surface area contributed by atoms with Crippen molar-refractivity contribution in [2.45, 2.75) is 45.0 Å². The summed E-state index contributed by atoms with van der Waals surface area (Å²) >= 11 is 0. The van der Waals surface area contributed by atoms with E-state index in [0.717, 1.165) is 12.8 Å². The molecule has 0 unspecified atom stereocenters. The van der Waals surface area contributed by atoms with Crippen molar-refractivity contribution in [2.75, 3.05) is 13.2 Å². The van der Waals surface area contributed by atoms with Crippen LogP contribution in [0.2, 0.25) is 0 Å². The molecule has 0 amide bonds. The second-order valence-electron chi connectivity index (χ2n) is 3.48. The van der Waals surface area contributed by atoms with Crippen LogP contribution in [0, 0.1) is 0 Å². The maximum absolute atomic E-state index is 9.51. The van der Waals surface area contributed by atoms with Crippen LogP contribution in [0.5, 0.6) is 0 Å². The van der Waals surface area contributed by atoms with Gasteiger partial charge in [-0.3, -0.25) is 0 Å². The van der Waals surface area contributed by atoms with Gasteiger partial charge in [-0.1, -0.05) is 13.3 Å². The van der Waals surface area contributed by atoms with Gasteiger partial charge >= 0.3 is 0 Å². The van der Waals surface area contributed by atoms with Crippen molar-refractivity contribution < 1.29 is 14.6 Å². The molecule has 1 saturated heterocycles. The van der Waals surface area contributed by atoms with E-state index in [2.05, 4.69) is 6.92 Å². The van der Waals surface area contributed by atoms with E-state index in [1.54, 1.807) is 0 Å². The molecular formula is C9H18O3. The Morgan fingerprint density at radius 2 is 2.00 bits per heavy atom. The fraction of sp³-hybridized carbons (Fsp3) is 1.00. The summed E-state index contributed by atoms with van der Waals surface area (Å²) < 4.78 is 10.8. The summed E-state index contributed by atoms with van der Waals surface area (Å²) in [5.41, 5.74) is 0. The second-order valence-corrected chi connectivity index (χ2v) is 3.48. The zero-order valence-electron chi connectivity index (χ0n) is 7.88. The summed E-state index contributed by atoms with van der Waals surface area (Å²) in [5, 5.41) is 9.51. The summed E-state index contributed by atoms with van der Waals surface area (Å²) in [5.74, 6) is -0.533. The van der Waals surface area contributed by atoms with Gasteiger partial charge in [0.15, 0.2) is 5.79 Å². The van der Waals surface area contributed by atoms with Gasteiger partial charge in [0.1, 0.15) is 0 Å². The molecule has 0 spiro atoms. The third kappa shape index (κ3) is 2.73. The number of hydrogen-bond acceptors (Lipinski definition) is 3. The molecule has 1 atom stereocenters. The zero-order chi connectivity index (χ0) is 9.03. The third-order valence-electron chi connectivity index (χ3n) is 2.13. The Labute approximate surface area is 73.7 Å². The van der Waals surface area contributed by atoms with Crippen LogP contribution in [0.3, 0.4) is 0 Å². The fourth-order valence-corrected chi connectivity index (χ4v) is 1.54. The molecule has 1 N–H and O–H groups in total. The second kappa shape index (κ2) is 4.21. The number of ether oxygens (including phenoxy) is 2. The molecular weight excluding hydrogens is 156 g/mol. The molecule has 0 aromatic heterocycles. The molecule has 0 aromatic rings. The van der Waals surface area contributed by atoms with E-state index in [-0.39, 0.29) is 6.10 Å². The highest BCUT2D eigenvalue weighted by molar-refractivity contribution is 4.72. The number of aliphatic hydroxyl groups is 1. The first kappa shape index (κ1) is 9.96. The Morgan fingerprint density at radius 1 is 1.42 bits per heavy atom. The lowest BCUT2D eigenvalue weighted by Crippen LogP contribution is -2.31. The van der Waals surface area contributed by atoms with Gasteiger partial charge in [0.05, 0.1) is 19.3 Å². The highest BCUT2D eigenvalue weighted by Gasteiger charge is 2.32. The van der Waals surface area contributed by atoms with Crippen LogP contribution >= 0.6 is 0 Å². The summed E-state index contributed by atoms with van der Waals surface area (Å²) in [6.45, 7) is 5.24. The summed E-state index contributed by atoms with van der Waals surface area (Å²) in [4.78, 5) is 0. The minimum atomic E-state index is -0.533. The van der Waals surface area contributed by atoms with Gasteiger partial charge in [-0.25, -0.2) is 0 Å². The topological polar surface area (TPSA) is 38.7 Å². The van der Waals surface area contributed by atoms with Crippen LogP contribution < -0.4 is 0 Å². The van der Waals surface area contributed by atoms with Gasteiger partial charge in [0, 0.05) is 6.42 Å². The smallest absolute Gasteiger partial charge is 0.168 e. The average molecular weight is 174 g/mol. The molecule has 0 radical (unpaired) electrons. The summed E-state index contributed by atoms with van der Waals surface area (Å²) in [6, 6.07) is 0. The Balaban J connectivity index is 2.28. The first-order valence-electron chi connectivity index (χ1n) is 4.62. The molecule has 1 aliphatic rings. The lowest BCUT2D eigenvalue weighted by atomic mass is 10.1. The maximum atomic E-state index is 9.51. The molecule has 1 fully saturated rings. The van der Waals surface area contributed by atoms with E-state index >= 15 is 0 Å². The summed E-state index contributed by atoms with van der Waals surface area (Å²) in [6.07, 6.45) is 2.11. The normalized spacial score (nSPS) is 24.2. The van der Waals surface area contributed by atoms with E-state index in [1.165, 1.54) is 0 Å². The van der Waals surface area contributed by atoms with Gasteiger partial charge in [0.2, 0.25) is 0 Å². The van der Waals surface area contributed by atoms with Gasteiger partial charge in [0.25, 0.3) is 0 Å². The molecule has 1 rings (SSSR count). The molecule has 0 saturated carbocycles. The van der Waals surface area contributed by atoms with Gasteiger partial charge in [-0.2, -0.15) is 0 Å². The van der Waals surface area contributed by atoms with Gasteiger partial charge < -0.3 is 14.6 Å². The SMILES string of the molecule is CCC[C@@H](O)CC1(C)OCCO1. The summed E-state index contributed by atoms with van der Waals surface area (Å²) in [7, 11) is 0. The molecule has 1 aliphatic heterocycles. The average Bonchev–Trinajstić information content (AvgIpc) is 2.36. The number of hydrogen-bond donors (Lipinski definition) is 1. The maximum Gasteiger partial charge on any atom is 0.168 e. The van der Waals surface area contributed by atoms with Crippen molar-refractivity contribution >= 4 is 0 Å². The molecule has 3 heteroatoms. The van der Waals surface area contributed by atoms with Crippen LogP contribution in [0.25, 0.3) is 0 Å². The van der Waals surface area contributed by atoms with Gasteiger partial charge in [-0.05, 0) is 13.3 Å². The van der Waals surface area contributed by atoms with E-state index in [9.17, 15) is 5.11 Å². The minimum absolute atomic E-state index is 0.293. The lowest BCUT2D eigenvalue weighted by Gasteiger charge is -2.24. The molecule has 12 heavy (non-hydrogen) atoms. The van der Waals surface area contributed by atoms with E-state index in [1.807, 2.05) is 6.92 Å². The molecule has 0 aromatic carbocycles.